The maximum absolute atomic E-state index is 6.33. The van der Waals surface area contributed by atoms with Gasteiger partial charge in [0, 0.05) is 0 Å². The van der Waals surface area contributed by atoms with Gasteiger partial charge in [0.2, 0.25) is 0 Å². The van der Waals surface area contributed by atoms with Gasteiger partial charge in [0.1, 0.15) is 0 Å². The fourth-order valence-electron chi connectivity index (χ4n) is 1.41. The highest BCUT2D eigenvalue weighted by Crippen LogP contribution is 2.39. The number of hydrogen-bond acceptors (Lipinski definition) is 1. The quantitative estimate of drug-likeness (QED) is 0.687. The molecular weight excluding hydrogens is 212 g/mol. The molecule has 1 unspecified atom stereocenters. The molecule has 0 N–H and O–H groups in total. The number of hydrogen-bond donors (Lipinski definition) is 0. The maximum Gasteiger partial charge on any atom is 0.192 e. The van der Waals surface area contributed by atoms with Gasteiger partial charge < -0.3 is 4.43 Å². The zero-order chi connectivity index (χ0) is 12.4. The first-order chi connectivity index (χ1) is 7.24. The van der Waals surface area contributed by atoms with Gasteiger partial charge in [-0.25, -0.2) is 0 Å². The van der Waals surface area contributed by atoms with E-state index in [2.05, 4.69) is 65.1 Å². The van der Waals surface area contributed by atoms with E-state index in [0.717, 1.165) is 0 Å². The first-order valence-corrected chi connectivity index (χ1v) is 8.87. The molecular formula is C14H24OSi. The largest absolute Gasteiger partial charge is 0.410 e. The zero-order valence-electron chi connectivity index (χ0n) is 11.4. The summed E-state index contributed by atoms with van der Waals surface area (Å²) in [5, 5.41) is 0.274. The molecule has 16 heavy (non-hydrogen) atoms. The Morgan fingerprint density at radius 2 is 1.56 bits per heavy atom. The Morgan fingerprint density at radius 1 is 1.06 bits per heavy atom. The van der Waals surface area contributed by atoms with Crippen molar-refractivity contribution in [2.45, 2.75) is 51.9 Å². The van der Waals surface area contributed by atoms with Gasteiger partial charge >= 0.3 is 0 Å². The van der Waals surface area contributed by atoms with Crippen molar-refractivity contribution < 1.29 is 4.43 Å². The Bertz CT molecular complexity index is 324. The van der Waals surface area contributed by atoms with Crippen molar-refractivity contribution in [1.82, 2.24) is 0 Å². The third kappa shape index (κ3) is 3.19. The van der Waals surface area contributed by atoms with E-state index in [1.807, 2.05) is 6.07 Å². The van der Waals surface area contributed by atoms with Crippen LogP contribution in [0, 0.1) is 0 Å². The van der Waals surface area contributed by atoms with Crippen molar-refractivity contribution in [3.05, 3.63) is 35.9 Å². The SMILES string of the molecule is CC(O[Si](C)(C)C(C)(C)C)c1ccccc1. The summed E-state index contributed by atoms with van der Waals surface area (Å²) in [6.45, 7) is 13.6. The van der Waals surface area contributed by atoms with Crippen molar-refractivity contribution in [2.24, 2.45) is 0 Å². The van der Waals surface area contributed by atoms with Crippen LogP contribution in [-0.4, -0.2) is 8.32 Å². The summed E-state index contributed by atoms with van der Waals surface area (Å²) < 4.78 is 6.33. The molecule has 0 spiro atoms. The highest BCUT2D eigenvalue weighted by atomic mass is 28.4. The van der Waals surface area contributed by atoms with Crippen LogP contribution in [0.15, 0.2) is 30.3 Å². The second kappa shape index (κ2) is 4.72. The van der Waals surface area contributed by atoms with Crippen molar-refractivity contribution in [3.8, 4) is 0 Å². The Morgan fingerprint density at radius 3 is 2.00 bits per heavy atom. The van der Waals surface area contributed by atoms with Crippen molar-refractivity contribution in [3.63, 3.8) is 0 Å². The van der Waals surface area contributed by atoms with Crippen LogP contribution < -0.4 is 0 Å². The second-order valence-electron chi connectivity index (χ2n) is 5.93. The van der Waals surface area contributed by atoms with Gasteiger partial charge in [0.25, 0.3) is 0 Å². The van der Waals surface area contributed by atoms with E-state index in [-0.39, 0.29) is 11.1 Å². The smallest absolute Gasteiger partial charge is 0.192 e. The predicted octanol–water partition coefficient (Wildman–Crippen LogP) is 4.77. The third-order valence-corrected chi connectivity index (χ3v) is 8.10. The van der Waals surface area contributed by atoms with Gasteiger partial charge in [-0.05, 0) is 30.6 Å². The summed E-state index contributed by atoms with van der Waals surface area (Å²) >= 11 is 0. The zero-order valence-corrected chi connectivity index (χ0v) is 12.4. The number of benzene rings is 1. The molecule has 1 aromatic rings. The third-order valence-electron chi connectivity index (χ3n) is 3.55. The van der Waals surface area contributed by atoms with Gasteiger partial charge in [-0.2, -0.15) is 0 Å². The van der Waals surface area contributed by atoms with Gasteiger partial charge in [-0.1, -0.05) is 51.1 Å². The normalized spacial score (nSPS) is 14.9. The molecule has 0 amide bonds. The monoisotopic (exact) mass is 236 g/mol. The molecule has 0 aromatic heterocycles. The lowest BCUT2D eigenvalue weighted by molar-refractivity contribution is 0.203. The summed E-state index contributed by atoms with van der Waals surface area (Å²) in [6.07, 6.45) is 0.196. The molecule has 0 radical (unpaired) electrons. The molecule has 90 valence electrons. The molecule has 1 rings (SSSR count). The van der Waals surface area contributed by atoms with Crippen LogP contribution >= 0.6 is 0 Å². The Balaban J connectivity index is 2.76. The summed E-state index contributed by atoms with van der Waals surface area (Å²) in [5.74, 6) is 0. The molecule has 1 nitrogen and oxygen atoms in total. The van der Waals surface area contributed by atoms with Crippen LogP contribution in [0.3, 0.4) is 0 Å². The van der Waals surface area contributed by atoms with Crippen LogP contribution in [0.4, 0.5) is 0 Å². The van der Waals surface area contributed by atoms with E-state index < -0.39 is 8.32 Å². The average Bonchev–Trinajstić information content (AvgIpc) is 2.16. The Hall–Kier alpha value is -0.603. The second-order valence-corrected chi connectivity index (χ2v) is 10.7. The van der Waals surface area contributed by atoms with E-state index in [1.165, 1.54) is 5.56 Å². The lowest BCUT2D eigenvalue weighted by Crippen LogP contribution is -2.41. The van der Waals surface area contributed by atoms with E-state index in [0.29, 0.717) is 0 Å². The fraction of sp³-hybridized carbons (Fsp3) is 0.571. The van der Waals surface area contributed by atoms with Gasteiger partial charge in [-0.15, -0.1) is 0 Å². The standard InChI is InChI=1S/C14H24OSi/c1-12(13-10-8-7-9-11-13)15-16(5,6)14(2,3)4/h7-12H,1-6H3. The highest BCUT2D eigenvalue weighted by molar-refractivity contribution is 6.74. The lowest BCUT2D eigenvalue weighted by atomic mass is 10.1. The summed E-state index contributed by atoms with van der Waals surface area (Å²) in [4.78, 5) is 0. The molecule has 1 aromatic carbocycles. The van der Waals surface area contributed by atoms with Crippen LogP contribution in [0.2, 0.25) is 18.1 Å². The molecule has 0 heterocycles. The molecule has 0 saturated carbocycles. The summed E-state index contributed by atoms with van der Waals surface area (Å²) in [7, 11) is -1.65. The van der Waals surface area contributed by atoms with Crippen LogP contribution in [0.25, 0.3) is 0 Å². The van der Waals surface area contributed by atoms with Gasteiger partial charge in [0.15, 0.2) is 8.32 Å². The van der Waals surface area contributed by atoms with Gasteiger partial charge in [0.05, 0.1) is 6.10 Å². The minimum absolute atomic E-state index is 0.196. The molecule has 1 atom stereocenters. The first-order valence-electron chi connectivity index (χ1n) is 5.97. The molecule has 0 bridgehead atoms. The molecule has 0 aliphatic rings. The van der Waals surface area contributed by atoms with Crippen LogP contribution in [0.1, 0.15) is 39.4 Å². The van der Waals surface area contributed by atoms with E-state index >= 15 is 0 Å². The highest BCUT2D eigenvalue weighted by Gasteiger charge is 2.38. The first kappa shape index (κ1) is 13.5. The Labute approximate surface area is 101 Å². The molecule has 0 aliphatic heterocycles. The van der Waals surface area contributed by atoms with E-state index in [9.17, 15) is 0 Å². The van der Waals surface area contributed by atoms with Gasteiger partial charge in [-0.3, -0.25) is 0 Å². The van der Waals surface area contributed by atoms with E-state index in [4.69, 9.17) is 4.43 Å². The van der Waals surface area contributed by atoms with Crippen LogP contribution in [-0.2, 0) is 4.43 Å². The average molecular weight is 236 g/mol. The summed E-state index contributed by atoms with van der Waals surface area (Å²) in [5.41, 5.74) is 1.27. The van der Waals surface area contributed by atoms with Crippen molar-refractivity contribution >= 4 is 8.32 Å². The lowest BCUT2D eigenvalue weighted by Gasteiger charge is -2.38. The predicted molar refractivity (Wildman–Crippen MR) is 73.1 cm³/mol. The minimum atomic E-state index is -1.65. The van der Waals surface area contributed by atoms with Crippen molar-refractivity contribution in [2.75, 3.05) is 0 Å². The molecule has 2 heteroatoms. The molecule has 0 fully saturated rings. The fourth-order valence-corrected chi connectivity index (χ4v) is 2.78. The Kier molecular flexibility index (Phi) is 3.97. The molecule has 0 aliphatic carbocycles. The van der Waals surface area contributed by atoms with Crippen LogP contribution in [0.5, 0.6) is 0 Å². The number of rotatable bonds is 3. The molecule has 0 saturated heterocycles. The summed E-state index contributed by atoms with van der Waals surface area (Å²) in [6, 6.07) is 10.5. The minimum Gasteiger partial charge on any atom is -0.410 e. The maximum atomic E-state index is 6.33. The van der Waals surface area contributed by atoms with E-state index in [1.54, 1.807) is 0 Å². The topological polar surface area (TPSA) is 9.23 Å². The van der Waals surface area contributed by atoms with Crippen molar-refractivity contribution in [1.29, 1.82) is 0 Å².